The van der Waals surface area contributed by atoms with Crippen LogP contribution in [0.2, 0.25) is 0 Å². The quantitative estimate of drug-likeness (QED) is 0.289. The number of fused-ring (bicyclic) bond motifs is 5. The van der Waals surface area contributed by atoms with Gasteiger partial charge in [-0.25, -0.2) is 9.97 Å². The number of thiophene rings is 1. The topological polar surface area (TPSA) is 134 Å². The van der Waals surface area contributed by atoms with Crippen LogP contribution in [-0.4, -0.2) is 102 Å². The lowest BCUT2D eigenvalue weighted by molar-refractivity contribution is -0.121. The van der Waals surface area contributed by atoms with Gasteiger partial charge in [0.1, 0.15) is 18.2 Å². The Kier molecular flexibility index (Phi) is 16.0. The fourth-order valence-electron chi connectivity index (χ4n) is 5.88. The monoisotopic (exact) mass is 723 g/mol. The van der Waals surface area contributed by atoms with Gasteiger partial charge in [-0.15, -0.1) is 11.3 Å². The Morgan fingerprint density at radius 2 is 1.59 bits per heavy atom. The third-order valence-corrected chi connectivity index (χ3v) is 9.81. The largest absolute Gasteiger partial charge is 0.493 e. The molecule has 0 saturated carbocycles. The second-order valence-corrected chi connectivity index (χ2v) is 13.5. The number of allylic oxidation sites excluding steroid dienone is 2. The highest BCUT2D eigenvalue weighted by molar-refractivity contribution is 7.13. The predicted molar refractivity (Wildman–Crippen MR) is 201 cm³/mol. The number of anilines is 1. The van der Waals surface area contributed by atoms with E-state index in [4.69, 9.17) is 33.4 Å². The van der Waals surface area contributed by atoms with E-state index in [2.05, 4.69) is 52.1 Å². The molecule has 5 rings (SSSR count). The van der Waals surface area contributed by atoms with Gasteiger partial charge in [0.25, 0.3) is 0 Å². The first kappa shape index (κ1) is 38.6. The van der Waals surface area contributed by atoms with Crippen LogP contribution in [0.5, 0.6) is 11.5 Å². The molecule has 4 bridgehead atoms. The number of aryl methyl sites for hydroxylation is 1. The normalized spacial score (nSPS) is 20.5. The minimum atomic E-state index is 0.0113. The smallest absolute Gasteiger partial charge is 0.220 e. The van der Waals surface area contributed by atoms with E-state index >= 15 is 0 Å². The fraction of sp³-hybridized carbons (Fsp3) is 0.553. The molecule has 1 aromatic carbocycles. The molecule has 0 radical (unpaired) electrons. The van der Waals surface area contributed by atoms with Gasteiger partial charge in [-0.05, 0) is 75.4 Å². The lowest BCUT2D eigenvalue weighted by atomic mass is 9.96. The molecule has 0 fully saturated rings. The molecule has 51 heavy (non-hydrogen) atoms. The summed E-state index contributed by atoms with van der Waals surface area (Å²) in [7, 11) is 1.63. The molecule has 1 atom stereocenters. The number of rotatable bonds is 1. The summed E-state index contributed by atoms with van der Waals surface area (Å²) in [6.45, 7) is 10.2. The molecule has 1 amide bonds. The van der Waals surface area contributed by atoms with Crippen molar-refractivity contribution in [1.82, 2.24) is 20.6 Å². The van der Waals surface area contributed by atoms with Crippen LogP contribution in [0.4, 0.5) is 5.82 Å². The molecule has 3 N–H and O–H groups in total. The van der Waals surface area contributed by atoms with Gasteiger partial charge >= 0.3 is 0 Å². The summed E-state index contributed by atoms with van der Waals surface area (Å²) in [6.07, 6.45) is 9.09. The maximum absolute atomic E-state index is 12.2. The average Bonchev–Trinajstić information content (AvgIpc) is 3.63. The summed E-state index contributed by atoms with van der Waals surface area (Å²) < 4.78 is 34.2. The Morgan fingerprint density at radius 3 is 2.35 bits per heavy atom. The van der Waals surface area contributed by atoms with Crippen LogP contribution in [0, 0.1) is 6.92 Å². The van der Waals surface area contributed by atoms with Gasteiger partial charge in [-0.2, -0.15) is 0 Å². The van der Waals surface area contributed by atoms with Gasteiger partial charge in [0, 0.05) is 40.7 Å². The first-order valence-corrected chi connectivity index (χ1v) is 18.9. The molecule has 2 aliphatic rings. The second-order valence-electron chi connectivity index (χ2n) is 12.4. The molecule has 0 spiro atoms. The van der Waals surface area contributed by atoms with Crippen LogP contribution in [0.3, 0.4) is 0 Å². The Morgan fingerprint density at radius 1 is 0.863 bits per heavy atom. The predicted octanol–water partition coefficient (Wildman–Crippen LogP) is 5.62. The number of carbonyl (C=O) groups excluding carboxylic acids is 1. The van der Waals surface area contributed by atoms with E-state index in [-0.39, 0.29) is 11.9 Å². The summed E-state index contributed by atoms with van der Waals surface area (Å²) in [5.74, 6) is 2.68. The van der Waals surface area contributed by atoms with Crippen molar-refractivity contribution in [3.8, 4) is 11.5 Å². The summed E-state index contributed by atoms with van der Waals surface area (Å²) in [4.78, 5) is 24.2. The minimum Gasteiger partial charge on any atom is -0.493 e. The van der Waals surface area contributed by atoms with Crippen LogP contribution in [-0.2, 0) is 23.7 Å². The summed E-state index contributed by atoms with van der Waals surface area (Å²) in [5.41, 5.74) is 3.41. The van der Waals surface area contributed by atoms with Crippen molar-refractivity contribution in [2.75, 3.05) is 91.5 Å². The Labute approximate surface area is 305 Å². The van der Waals surface area contributed by atoms with E-state index in [1.165, 1.54) is 20.9 Å². The number of aromatic nitrogens is 2. The van der Waals surface area contributed by atoms with Gasteiger partial charge < -0.3 is 44.4 Å². The molecule has 0 saturated heterocycles. The first-order valence-electron chi connectivity index (χ1n) is 18.1. The highest BCUT2D eigenvalue weighted by Gasteiger charge is 2.18. The van der Waals surface area contributed by atoms with Crippen molar-refractivity contribution < 1.29 is 33.2 Å². The highest BCUT2D eigenvalue weighted by Crippen LogP contribution is 2.38. The molecular formula is C38H53N5O7S. The summed E-state index contributed by atoms with van der Waals surface area (Å²) >= 11 is 1.80. The Balaban J connectivity index is 1.25. The van der Waals surface area contributed by atoms with Crippen LogP contribution in [0.15, 0.2) is 42.0 Å². The molecule has 3 aromatic rings. The third kappa shape index (κ3) is 12.3. The van der Waals surface area contributed by atoms with Gasteiger partial charge in [0.2, 0.25) is 5.91 Å². The molecular weight excluding hydrogens is 671 g/mol. The van der Waals surface area contributed by atoms with E-state index in [1.54, 1.807) is 18.4 Å². The minimum absolute atomic E-state index is 0.0113. The maximum atomic E-state index is 12.2. The van der Waals surface area contributed by atoms with Gasteiger partial charge in [-0.3, -0.25) is 4.79 Å². The standard InChI is InChI=1S/C38H53N5O7S/c1-27-35-11-12-36(51-35)30-9-5-4-8-29(30)26-39-13-7-6-10-37(44)40-14-15-46-16-17-47-18-19-48-20-21-49-22-23-50-34-24-31-32(25-33(34)45-3)42-28(2)43-38(31)41-27/h8-9,11-12,24-25,27,39H,4-7,10,13-23,26H2,1-3H3,(H,40,44)(H,41,42,43). The number of nitrogens with one attached hydrogen (secondary N) is 3. The van der Waals surface area contributed by atoms with E-state index in [9.17, 15) is 4.79 Å². The van der Waals surface area contributed by atoms with E-state index < -0.39 is 0 Å². The zero-order chi connectivity index (χ0) is 35.7. The van der Waals surface area contributed by atoms with Crippen LogP contribution in [0.25, 0.3) is 16.5 Å². The molecule has 12 nitrogen and oxygen atoms in total. The lowest BCUT2D eigenvalue weighted by Crippen LogP contribution is -2.27. The van der Waals surface area contributed by atoms with E-state index in [0.29, 0.717) is 89.8 Å². The van der Waals surface area contributed by atoms with Gasteiger partial charge in [-0.1, -0.05) is 12.2 Å². The average molecular weight is 724 g/mol. The molecule has 278 valence electrons. The van der Waals surface area contributed by atoms with Gasteiger partial charge in [0.05, 0.1) is 71.5 Å². The molecule has 1 aliphatic carbocycles. The van der Waals surface area contributed by atoms with Crippen LogP contribution >= 0.6 is 11.3 Å². The molecule has 1 unspecified atom stereocenters. The van der Waals surface area contributed by atoms with Crippen molar-refractivity contribution in [3.05, 3.63) is 57.6 Å². The SMILES string of the molecule is COc1cc2nc(C)nc3c2cc1OCCOCCOCCOCCOCCNC(=O)CCCCNCC1=CCCC=C1c1ccc(s1)C(C)N3. The molecule has 3 heterocycles. The maximum Gasteiger partial charge on any atom is 0.220 e. The fourth-order valence-corrected chi connectivity index (χ4v) is 6.96. The number of hydrogen-bond acceptors (Lipinski definition) is 12. The van der Waals surface area contributed by atoms with Crippen molar-refractivity contribution in [3.63, 3.8) is 0 Å². The number of methoxy groups -OCH3 is 1. The molecule has 1 aliphatic heterocycles. The zero-order valence-electron chi connectivity index (χ0n) is 30.2. The van der Waals surface area contributed by atoms with Crippen LogP contribution < -0.4 is 25.4 Å². The summed E-state index contributed by atoms with van der Waals surface area (Å²) in [6, 6.07) is 8.27. The number of ether oxygens (including phenoxy) is 6. The number of carbonyl (C=O) groups is 1. The first-order chi connectivity index (χ1) is 25.0. The van der Waals surface area contributed by atoms with Gasteiger partial charge in [0.15, 0.2) is 11.5 Å². The molecule has 2 aromatic heterocycles. The van der Waals surface area contributed by atoms with Crippen LogP contribution in [0.1, 0.15) is 60.6 Å². The lowest BCUT2D eigenvalue weighted by Gasteiger charge is -2.18. The summed E-state index contributed by atoms with van der Waals surface area (Å²) in [5, 5.41) is 11.0. The number of nitrogens with zero attached hydrogens (tertiary/aromatic N) is 2. The second kappa shape index (κ2) is 21.1. The van der Waals surface area contributed by atoms with E-state index in [1.807, 2.05) is 19.1 Å². The van der Waals surface area contributed by atoms with Crippen molar-refractivity contribution in [2.24, 2.45) is 0 Å². The highest BCUT2D eigenvalue weighted by atomic mass is 32.1. The van der Waals surface area contributed by atoms with E-state index in [0.717, 1.165) is 55.5 Å². The number of benzene rings is 1. The van der Waals surface area contributed by atoms with Crippen molar-refractivity contribution in [1.29, 1.82) is 0 Å². The third-order valence-electron chi connectivity index (χ3n) is 8.51. The van der Waals surface area contributed by atoms with Crippen molar-refractivity contribution >= 4 is 39.5 Å². The number of hydrogen-bond donors (Lipinski definition) is 3. The number of amides is 1. The Hall–Kier alpha value is -3.59. The van der Waals surface area contributed by atoms with Crippen molar-refractivity contribution in [2.45, 2.75) is 52.0 Å². The zero-order valence-corrected chi connectivity index (χ0v) is 31.0. The Bertz CT molecular complexity index is 1610. The molecule has 13 heteroatoms.